The molecule has 0 amide bonds. The molecule has 9 aromatic rings. The van der Waals surface area contributed by atoms with E-state index < -0.39 is 0 Å². The summed E-state index contributed by atoms with van der Waals surface area (Å²) in [4.78, 5) is 0. The third-order valence-electron chi connectivity index (χ3n) is 8.17. The van der Waals surface area contributed by atoms with Crippen molar-refractivity contribution in [2.45, 2.75) is 0 Å². The van der Waals surface area contributed by atoms with Crippen molar-refractivity contribution in [1.82, 2.24) is 9.13 Å². The number of rotatable bonds is 2. The molecule has 0 bridgehead atoms. The van der Waals surface area contributed by atoms with E-state index in [9.17, 15) is 0 Å². The second kappa shape index (κ2) is 8.10. The summed E-state index contributed by atoms with van der Waals surface area (Å²) >= 11 is 3.63. The Morgan fingerprint density at radius 1 is 0.400 bits per heavy atom. The molecule has 0 radical (unpaired) electrons. The van der Waals surface area contributed by atoms with Gasteiger partial charge in [0.2, 0.25) is 0 Å². The summed E-state index contributed by atoms with van der Waals surface area (Å²) in [6.07, 6.45) is 0. The van der Waals surface area contributed by atoms with E-state index in [0.717, 1.165) is 37.8 Å². The van der Waals surface area contributed by atoms with E-state index in [2.05, 4.69) is 140 Å². The van der Waals surface area contributed by atoms with Gasteiger partial charge in [0.25, 0.3) is 0 Å². The maximum Gasteiger partial charge on any atom is 0.135 e. The van der Waals surface area contributed by atoms with Crippen LogP contribution in [-0.2, 0) is 0 Å². The highest BCUT2D eigenvalue weighted by atomic mass is 79.9. The average molecular weight is 577 g/mol. The highest BCUT2D eigenvalue weighted by Crippen LogP contribution is 2.38. The molecule has 0 N–H and O–H groups in total. The molecule has 0 spiro atoms. The molecular weight excluding hydrogens is 556 g/mol. The Labute approximate surface area is 237 Å². The first-order valence-corrected chi connectivity index (χ1v) is 14.2. The fourth-order valence-electron chi connectivity index (χ4n) is 6.46. The minimum Gasteiger partial charge on any atom is -0.456 e. The molecule has 4 heteroatoms. The predicted molar refractivity (Wildman–Crippen MR) is 170 cm³/mol. The first-order chi connectivity index (χ1) is 19.7. The third-order valence-corrected chi connectivity index (χ3v) is 8.66. The van der Waals surface area contributed by atoms with E-state index in [1.165, 1.54) is 43.6 Å². The van der Waals surface area contributed by atoms with Gasteiger partial charge < -0.3 is 13.6 Å². The first-order valence-electron chi connectivity index (χ1n) is 13.4. The van der Waals surface area contributed by atoms with Crippen molar-refractivity contribution in [2.75, 3.05) is 0 Å². The van der Waals surface area contributed by atoms with E-state index in [1.54, 1.807) is 0 Å². The van der Waals surface area contributed by atoms with Gasteiger partial charge in [0.15, 0.2) is 0 Å². The van der Waals surface area contributed by atoms with E-state index in [-0.39, 0.29) is 0 Å². The lowest BCUT2D eigenvalue weighted by Gasteiger charge is -2.10. The Bertz CT molecular complexity index is 2400. The SMILES string of the molecule is Brc1ccc2oc3ccc(-n4c5ccccc5c5cc(-n6c7ccccc7c7ccccc76)ccc54)cc3c2c1. The van der Waals surface area contributed by atoms with Crippen LogP contribution in [0.3, 0.4) is 0 Å². The maximum absolute atomic E-state index is 6.15. The van der Waals surface area contributed by atoms with Gasteiger partial charge in [-0.15, -0.1) is 0 Å². The van der Waals surface area contributed by atoms with Gasteiger partial charge in [-0.1, -0.05) is 70.5 Å². The number of hydrogen-bond donors (Lipinski definition) is 0. The lowest BCUT2D eigenvalue weighted by Crippen LogP contribution is -1.95. The minimum absolute atomic E-state index is 0.895. The zero-order chi connectivity index (χ0) is 26.4. The smallest absolute Gasteiger partial charge is 0.135 e. The van der Waals surface area contributed by atoms with Gasteiger partial charge in [-0.3, -0.25) is 0 Å². The third kappa shape index (κ3) is 3.00. The van der Waals surface area contributed by atoms with Crippen molar-refractivity contribution in [2.24, 2.45) is 0 Å². The van der Waals surface area contributed by atoms with Crippen molar-refractivity contribution in [3.63, 3.8) is 0 Å². The molecule has 0 aliphatic rings. The van der Waals surface area contributed by atoms with Crippen LogP contribution in [0.5, 0.6) is 0 Å². The summed E-state index contributed by atoms with van der Waals surface area (Å²) in [5, 5.41) is 7.23. The molecule has 0 atom stereocenters. The Morgan fingerprint density at radius 2 is 0.850 bits per heavy atom. The largest absolute Gasteiger partial charge is 0.456 e. The van der Waals surface area contributed by atoms with Gasteiger partial charge in [-0.25, -0.2) is 0 Å². The van der Waals surface area contributed by atoms with Gasteiger partial charge >= 0.3 is 0 Å². The average Bonchev–Trinajstić information content (AvgIpc) is 3.64. The van der Waals surface area contributed by atoms with Crippen molar-refractivity contribution < 1.29 is 4.42 Å². The number of halogens is 1. The summed E-state index contributed by atoms with van der Waals surface area (Å²) in [5.74, 6) is 0. The molecular formula is C36H21BrN2O. The Kier molecular flexibility index (Phi) is 4.47. The highest BCUT2D eigenvalue weighted by molar-refractivity contribution is 9.10. The molecule has 3 heterocycles. The molecule has 3 nitrogen and oxygen atoms in total. The van der Waals surface area contributed by atoms with Crippen molar-refractivity contribution in [1.29, 1.82) is 0 Å². The summed E-state index contributed by atoms with van der Waals surface area (Å²) in [5.41, 5.74) is 8.87. The molecule has 0 unspecified atom stereocenters. The molecule has 3 aromatic heterocycles. The quantitative estimate of drug-likeness (QED) is 0.200. The zero-order valence-corrected chi connectivity index (χ0v) is 22.9. The molecule has 40 heavy (non-hydrogen) atoms. The summed E-state index contributed by atoms with van der Waals surface area (Å²) in [6, 6.07) is 45.6. The van der Waals surface area contributed by atoms with E-state index in [4.69, 9.17) is 4.42 Å². The van der Waals surface area contributed by atoms with Crippen LogP contribution >= 0.6 is 15.9 Å². The van der Waals surface area contributed by atoms with Crippen LogP contribution in [0.15, 0.2) is 136 Å². The van der Waals surface area contributed by atoms with Crippen LogP contribution in [0.4, 0.5) is 0 Å². The summed E-state index contributed by atoms with van der Waals surface area (Å²) in [7, 11) is 0. The number of nitrogens with zero attached hydrogens (tertiary/aromatic N) is 2. The Hall–Kier alpha value is -4.80. The van der Waals surface area contributed by atoms with Gasteiger partial charge in [0.1, 0.15) is 11.2 Å². The fraction of sp³-hybridized carbons (Fsp3) is 0. The van der Waals surface area contributed by atoms with Crippen molar-refractivity contribution in [3.05, 3.63) is 132 Å². The lowest BCUT2D eigenvalue weighted by atomic mass is 10.1. The van der Waals surface area contributed by atoms with Crippen LogP contribution in [0, 0.1) is 0 Å². The molecule has 0 saturated carbocycles. The van der Waals surface area contributed by atoms with Crippen LogP contribution < -0.4 is 0 Å². The summed E-state index contributed by atoms with van der Waals surface area (Å²) in [6.45, 7) is 0. The molecule has 6 aromatic carbocycles. The van der Waals surface area contributed by atoms with Crippen molar-refractivity contribution >= 4 is 81.5 Å². The standard InChI is InChI=1S/C36H21BrN2O/c37-22-13-17-35-29(19-22)30-21-24(15-18-36(30)40-35)39-33-12-6-3-9-27(33)28-20-23(14-16-34(28)39)38-31-10-4-1-7-25(31)26-8-2-5-11-32(26)38/h1-21H. The lowest BCUT2D eigenvalue weighted by molar-refractivity contribution is 0.669. The van der Waals surface area contributed by atoms with Crippen LogP contribution in [0.25, 0.3) is 76.9 Å². The van der Waals surface area contributed by atoms with E-state index in [1.807, 2.05) is 12.1 Å². The molecule has 0 fully saturated rings. The Balaban J connectivity index is 1.33. The highest BCUT2D eigenvalue weighted by Gasteiger charge is 2.17. The topological polar surface area (TPSA) is 23.0 Å². The molecule has 0 aliphatic heterocycles. The molecule has 0 aliphatic carbocycles. The fourth-order valence-corrected chi connectivity index (χ4v) is 6.82. The maximum atomic E-state index is 6.15. The second-order valence-corrected chi connectivity index (χ2v) is 11.3. The van der Waals surface area contributed by atoms with Gasteiger partial charge in [0.05, 0.1) is 22.1 Å². The van der Waals surface area contributed by atoms with Gasteiger partial charge in [0, 0.05) is 48.2 Å². The number of furan rings is 1. The normalized spacial score (nSPS) is 12.1. The Morgan fingerprint density at radius 3 is 1.48 bits per heavy atom. The molecule has 0 saturated heterocycles. The van der Waals surface area contributed by atoms with Crippen LogP contribution in [0.2, 0.25) is 0 Å². The monoisotopic (exact) mass is 576 g/mol. The zero-order valence-electron chi connectivity index (χ0n) is 21.3. The van der Waals surface area contributed by atoms with E-state index >= 15 is 0 Å². The van der Waals surface area contributed by atoms with Crippen molar-refractivity contribution in [3.8, 4) is 11.4 Å². The first kappa shape index (κ1) is 22.1. The number of hydrogen-bond acceptors (Lipinski definition) is 1. The van der Waals surface area contributed by atoms with Crippen LogP contribution in [-0.4, -0.2) is 9.13 Å². The molecule has 9 rings (SSSR count). The van der Waals surface area contributed by atoms with Gasteiger partial charge in [-0.05, 0) is 72.8 Å². The molecule has 188 valence electrons. The summed E-state index contributed by atoms with van der Waals surface area (Å²) < 4.78 is 12.0. The van der Waals surface area contributed by atoms with Crippen LogP contribution in [0.1, 0.15) is 0 Å². The van der Waals surface area contributed by atoms with Gasteiger partial charge in [-0.2, -0.15) is 0 Å². The predicted octanol–water partition coefficient (Wildman–Crippen LogP) is 10.5. The van der Waals surface area contributed by atoms with E-state index in [0.29, 0.717) is 0 Å². The number of fused-ring (bicyclic) bond motifs is 9. The second-order valence-electron chi connectivity index (χ2n) is 10.3. The number of para-hydroxylation sites is 3. The number of aromatic nitrogens is 2. The minimum atomic E-state index is 0.895. The number of benzene rings is 6.